The Morgan fingerprint density at radius 1 is 1.31 bits per heavy atom. The summed E-state index contributed by atoms with van der Waals surface area (Å²) in [4.78, 5) is 15.6. The fourth-order valence-corrected chi connectivity index (χ4v) is 2.43. The molecule has 0 amide bonds. The summed E-state index contributed by atoms with van der Waals surface area (Å²) in [5.41, 5.74) is -2.93. The van der Waals surface area contributed by atoms with Crippen LogP contribution in [-0.2, 0) is 6.18 Å². The minimum absolute atomic E-state index is 0.0777. The van der Waals surface area contributed by atoms with Gasteiger partial charge in [0.1, 0.15) is 18.2 Å². The Hall–Kier alpha value is -2.36. The lowest BCUT2D eigenvalue weighted by Gasteiger charge is -2.16. The van der Waals surface area contributed by atoms with Crippen LogP contribution in [0.3, 0.4) is 0 Å². The van der Waals surface area contributed by atoms with E-state index in [1.54, 1.807) is 0 Å². The van der Waals surface area contributed by atoms with Gasteiger partial charge in [-0.15, -0.1) is 0 Å². The van der Waals surface area contributed by atoms with E-state index in [1.807, 2.05) is 0 Å². The fraction of sp³-hybridized carbons (Fsp3) is 0.250. The summed E-state index contributed by atoms with van der Waals surface area (Å²) in [6, 6.07) is 1.77. The van der Waals surface area contributed by atoms with Gasteiger partial charge < -0.3 is 9.47 Å². The van der Waals surface area contributed by atoms with E-state index in [4.69, 9.17) is 9.47 Å². The van der Waals surface area contributed by atoms with Gasteiger partial charge in [0.25, 0.3) is 5.56 Å². The van der Waals surface area contributed by atoms with Crippen LogP contribution >= 0.6 is 15.9 Å². The third-order valence-electron chi connectivity index (χ3n) is 3.05. The highest BCUT2D eigenvalue weighted by molar-refractivity contribution is 9.10. The van der Waals surface area contributed by atoms with E-state index in [1.165, 1.54) is 13.0 Å². The Kier molecular flexibility index (Phi) is 6.06. The molecule has 0 fully saturated rings. The average molecular weight is 437 g/mol. The van der Waals surface area contributed by atoms with Crippen LogP contribution in [-0.4, -0.2) is 22.8 Å². The molecule has 0 aliphatic rings. The van der Waals surface area contributed by atoms with Crippen molar-refractivity contribution in [3.63, 3.8) is 0 Å². The number of rotatable bonds is 6. The third-order valence-corrected chi connectivity index (χ3v) is 3.67. The van der Waals surface area contributed by atoms with Gasteiger partial charge in [-0.3, -0.25) is 4.79 Å². The molecule has 2 rings (SSSR count). The molecule has 0 spiro atoms. The highest BCUT2D eigenvalue weighted by Gasteiger charge is 2.35. The van der Waals surface area contributed by atoms with Crippen molar-refractivity contribution >= 4 is 15.9 Å². The highest BCUT2D eigenvalue weighted by atomic mass is 79.9. The lowest BCUT2D eigenvalue weighted by Crippen LogP contribution is -2.25. The van der Waals surface area contributed by atoms with Gasteiger partial charge in [0.05, 0.1) is 16.8 Å². The maximum Gasteiger partial charge on any atom is 0.433 e. The zero-order valence-electron chi connectivity index (χ0n) is 13.4. The van der Waals surface area contributed by atoms with Gasteiger partial charge in [0.15, 0.2) is 5.69 Å². The van der Waals surface area contributed by atoms with Crippen LogP contribution in [0.1, 0.15) is 12.6 Å². The van der Waals surface area contributed by atoms with E-state index in [0.717, 1.165) is 12.1 Å². The Labute approximate surface area is 154 Å². The number of hydrogen-bond donors (Lipinski definition) is 0. The summed E-state index contributed by atoms with van der Waals surface area (Å²) >= 11 is 3.11. The van der Waals surface area contributed by atoms with Crippen LogP contribution in [0.25, 0.3) is 5.69 Å². The number of hydrogen-bond acceptors (Lipinski definition) is 4. The molecule has 0 bridgehead atoms. The lowest BCUT2D eigenvalue weighted by molar-refractivity contribution is -0.141. The van der Waals surface area contributed by atoms with Crippen molar-refractivity contribution < 1.29 is 27.0 Å². The van der Waals surface area contributed by atoms with Crippen LogP contribution in [0.2, 0.25) is 0 Å². The van der Waals surface area contributed by atoms with E-state index >= 15 is 0 Å². The highest BCUT2D eigenvalue weighted by Crippen LogP contribution is 2.32. The third kappa shape index (κ3) is 4.24. The quantitative estimate of drug-likeness (QED) is 0.504. The molecule has 2 aromatic rings. The first-order chi connectivity index (χ1) is 12.2. The summed E-state index contributed by atoms with van der Waals surface area (Å²) in [7, 11) is 0. The minimum Gasteiger partial charge on any atom is -0.488 e. The fourth-order valence-electron chi connectivity index (χ4n) is 2.00. The normalized spacial score (nSPS) is 11.3. The number of ether oxygens (including phenoxy) is 2. The zero-order chi connectivity index (χ0) is 19.5. The molecular formula is C16H13BrF4N2O3. The monoisotopic (exact) mass is 436 g/mol. The molecule has 0 N–H and O–H groups in total. The smallest absolute Gasteiger partial charge is 0.433 e. The summed E-state index contributed by atoms with van der Waals surface area (Å²) in [5, 5.41) is 0. The predicted molar refractivity (Wildman–Crippen MR) is 89.4 cm³/mol. The Morgan fingerprint density at radius 3 is 2.58 bits per heavy atom. The molecule has 1 heterocycles. The van der Waals surface area contributed by atoms with E-state index in [0.29, 0.717) is 4.57 Å². The van der Waals surface area contributed by atoms with Gasteiger partial charge in [-0.25, -0.2) is 8.96 Å². The second-order valence-corrected chi connectivity index (χ2v) is 5.72. The first kappa shape index (κ1) is 20.0. The van der Waals surface area contributed by atoms with E-state index < -0.39 is 29.3 Å². The Balaban J connectivity index is 2.71. The molecule has 1 aromatic heterocycles. The molecule has 0 aliphatic carbocycles. The van der Waals surface area contributed by atoms with Crippen LogP contribution < -0.4 is 15.0 Å². The maximum absolute atomic E-state index is 14.4. The van der Waals surface area contributed by atoms with Gasteiger partial charge in [-0.2, -0.15) is 18.2 Å². The van der Waals surface area contributed by atoms with Gasteiger partial charge in [-0.05, 0) is 28.9 Å². The maximum atomic E-state index is 14.4. The van der Waals surface area contributed by atoms with Crippen molar-refractivity contribution in [1.29, 1.82) is 0 Å². The van der Waals surface area contributed by atoms with Crippen LogP contribution in [0, 0.1) is 5.82 Å². The largest absolute Gasteiger partial charge is 0.488 e. The standard InChI is InChI=1S/C16H13BrF4N2O3/c1-3-5-26-12-7-11(10(18)6-9(12)17)23-14(24)8-13(16(19,20)21)22-15(23)25-4-2/h3,6-8H,1,4-5H2,2H3. The van der Waals surface area contributed by atoms with E-state index in [2.05, 4.69) is 27.5 Å². The second kappa shape index (κ2) is 7.90. The van der Waals surface area contributed by atoms with Crippen molar-refractivity contribution in [2.24, 2.45) is 0 Å². The van der Waals surface area contributed by atoms with Gasteiger partial charge in [0, 0.05) is 12.1 Å². The first-order valence-corrected chi connectivity index (χ1v) is 8.05. The molecule has 140 valence electrons. The Bertz CT molecular complexity index is 881. The average Bonchev–Trinajstić information content (AvgIpc) is 2.54. The molecule has 0 saturated heterocycles. The number of halogens is 5. The molecule has 0 unspecified atom stereocenters. The van der Waals surface area contributed by atoms with Gasteiger partial charge in [0.2, 0.25) is 0 Å². The molecule has 0 atom stereocenters. The number of benzene rings is 1. The van der Waals surface area contributed by atoms with Crippen molar-refractivity contribution in [2.45, 2.75) is 13.1 Å². The predicted octanol–water partition coefficient (Wildman–Crippen LogP) is 4.12. The molecule has 26 heavy (non-hydrogen) atoms. The number of alkyl halides is 3. The van der Waals surface area contributed by atoms with E-state index in [9.17, 15) is 22.4 Å². The second-order valence-electron chi connectivity index (χ2n) is 4.86. The van der Waals surface area contributed by atoms with Gasteiger partial charge in [-0.1, -0.05) is 12.7 Å². The van der Waals surface area contributed by atoms with Crippen molar-refractivity contribution in [3.8, 4) is 17.4 Å². The molecule has 10 heteroatoms. The van der Waals surface area contributed by atoms with Crippen LogP contribution in [0.15, 0.2) is 40.1 Å². The molecule has 0 saturated carbocycles. The Morgan fingerprint density at radius 2 is 2.00 bits per heavy atom. The lowest BCUT2D eigenvalue weighted by atomic mass is 10.2. The molecule has 0 radical (unpaired) electrons. The van der Waals surface area contributed by atoms with Crippen molar-refractivity contribution in [2.75, 3.05) is 13.2 Å². The SMILES string of the molecule is C=CCOc1cc(-n2c(OCC)nc(C(F)(F)F)cc2=O)c(F)cc1Br. The summed E-state index contributed by atoms with van der Waals surface area (Å²) in [5.74, 6) is -0.719. The summed E-state index contributed by atoms with van der Waals surface area (Å²) in [6.45, 7) is 5.00. The first-order valence-electron chi connectivity index (χ1n) is 7.26. The summed E-state index contributed by atoms with van der Waals surface area (Å²) < 4.78 is 64.3. The van der Waals surface area contributed by atoms with E-state index in [-0.39, 0.29) is 35.2 Å². The zero-order valence-corrected chi connectivity index (χ0v) is 15.0. The number of nitrogens with zero attached hydrogens (tertiary/aromatic N) is 2. The van der Waals surface area contributed by atoms with Crippen molar-refractivity contribution in [3.05, 3.63) is 57.2 Å². The molecule has 0 aliphatic heterocycles. The van der Waals surface area contributed by atoms with Crippen LogP contribution in [0.4, 0.5) is 17.6 Å². The minimum atomic E-state index is -4.85. The molecule has 1 aromatic carbocycles. The molecular weight excluding hydrogens is 424 g/mol. The van der Waals surface area contributed by atoms with Crippen LogP contribution in [0.5, 0.6) is 11.8 Å². The topological polar surface area (TPSA) is 53.4 Å². The van der Waals surface area contributed by atoms with Gasteiger partial charge >= 0.3 is 12.2 Å². The molecule has 5 nitrogen and oxygen atoms in total. The summed E-state index contributed by atoms with van der Waals surface area (Å²) in [6.07, 6.45) is -3.40. The number of aromatic nitrogens is 2. The van der Waals surface area contributed by atoms with Crippen molar-refractivity contribution in [1.82, 2.24) is 9.55 Å².